The van der Waals surface area contributed by atoms with E-state index in [2.05, 4.69) is 20.0 Å². The lowest BCUT2D eigenvalue weighted by Gasteiger charge is -2.08. The Hall–Kier alpha value is -1.41. The van der Waals surface area contributed by atoms with Crippen LogP contribution in [0.3, 0.4) is 0 Å². The SMILES string of the molecule is CCOc1cc(NCCNS(C)(=O)=O)nc(C)n1. The van der Waals surface area contributed by atoms with Gasteiger partial charge in [-0.05, 0) is 13.8 Å². The van der Waals surface area contributed by atoms with Gasteiger partial charge >= 0.3 is 0 Å². The van der Waals surface area contributed by atoms with Crippen LogP contribution in [0, 0.1) is 6.92 Å². The van der Waals surface area contributed by atoms with Gasteiger partial charge in [-0.2, -0.15) is 4.98 Å². The molecular formula is C10H18N4O3S. The van der Waals surface area contributed by atoms with Gasteiger partial charge in [-0.25, -0.2) is 18.1 Å². The highest BCUT2D eigenvalue weighted by Gasteiger charge is 2.03. The Bertz CT molecular complexity index is 490. The molecule has 8 heteroatoms. The standard InChI is InChI=1S/C10H18N4O3S/c1-4-17-10-7-9(13-8(2)14-10)11-5-6-12-18(3,15)16/h7,12H,4-6H2,1-3H3,(H,11,13,14). The van der Waals surface area contributed by atoms with Crippen molar-refractivity contribution < 1.29 is 13.2 Å². The molecule has 0 radical (unpaired) electrons. The van der Waals surface area contributed by atoms with Crippen LogP contribution in [0.2, 0.25) is 0 Å². The van der Waals surface area contributed by atoms with Crippen LogP contribution in [-0.2, 0) is 10.0 Å². The van der Waals surface area contributed by atoms with Crippen LogP contribution < -0.4 is 14.8 Å². The molecule has 0 saturated carbocycles. The zero-order chi connectivity index (χ0) is 13.6. The lowest BCUT2D eigenvalue weighted by atomic mass is 10.5. The first-order chi connectivity index (χ1) is 8.40. The molecule has 0 saturated heterocycles. The molecule has 0 aromatic carbocycles. The van der Waals surface area contributed by atoms with Crippen molar-refractivity contribution in [1.29, 1.82) is 0 Å². The van der Waals surface area contributed by atoms with Crippen molar-refractivity contribution >= 4 is 15.8 Å². The summed E-state index contributed by atoms with van der Waals surface area (Å²) in [5, 5.41) is 3.00. The van der Waals surface area contributed by atoms with E-state index in [0.717, 1.165) is 6.26 Å². The van der Waals surface area contributed by atoms with Crippen LogP contribution in [0.5, 0.6) is 5.88 Å². The molecule has 18 heavy (non-hydrogen) atoms. The smallest absolute Gasteiger partial charge is 0.218 e. The number of aryl methyl sites for hydroxylation is 1. The highest BCUT2D eigenvalue weighted by molar-refractivity contribution is 7.88. The fourth-order valence-electron chi connectivity index (χ4n) is 1.28. The van der Waals surface area contributed by atoms with Crippen molar-refractivity contribution in [2.24, 2.45) is 0 Å². The summed E-state index contributed by atoms with van der Waals surface area (Å²) in [6.07, 6.45) is 1.12. The molecule has 7 nitrogen and oxygen atoms in total. The normalized spacial score (nSPS) is 11.3. The van der Waals surface area contributed by atoms with E-state index < -0.39 is 10.0 Å². The second-order valence-electron chi connectivity index (χ2n) is 3.66. The van der Waals surface area contributed by atoms with Crippen molar-refractivity contribution in [3.05, 3.63) is 11.9 Å². The van der Waals surface area contributed by atoms with E-state index in [4.69, 9.17) is 4.74 Å². The van der Waals surface area contributed by atoms with Crippen LogP contribution in [0.4, 0.5) is 5.82 Å². The molecule has 0 atom stereocenters. The van der Waals surface area contributed by atoms with Gasteiger partial charge in [-0.1, -0.05) is 0 Å². The van der Waals surface area contributed by atoms with Crippen molar-refractivity contribution in [3.8, 4) is 5.88 Å². The third kappa shape index (κ3) is 5.78. The molecule has 0 unspecified atom stereocenters. The van der Waals surface area contributed by atoms with Gasteiger partial charge in [0.2, 0.25) is 15.9 Å². The number of rotatable bonds is 7. The highest BCUT2D eigenvalue weighted by atomic mass is 32.2. The third-order valence-corrected chi connectivity index (χ3v) is 2.63. The summed E-state index contributed by atoms with van der Waals surface area (Å²) in [5.74, 6) is 1.71. The summed E-state index contributed by atoms with van der Waals surface area (Å²) in [6, 6.07) is 1.68. The van der Waals surface area contributed by atoms with Crippen molar-refractivity contribution in [2.45, 2.75) is 13.8 Å². The van der Waals surface area contributed by atoms with Gasteiger partial charge in [-0.15, -0.1) is 0 Å². The second-order valence-corrected chi connectivity index (χ2v) is 5.50. The van der Waals surface area contributed by atoms with Gasteiger partial charge in [0.05, 0.1) is 12.9 Å². The number of hydrogen-bond donors (Lipinski definition) is 2. The van der Waals surface area contributed by atoms with Gasteiger partial charge < -0.3 is 10.1 Å². The summed E-state index contributed by atoms with van der Waals surface area (Å²) in [7, 11) is -3.15. The van der Waals surface area contributed by atoms with E-state index in [1.54, 1.807) is 13.0 Å². The van der Waals surface area contributed by atoms with Crippen LogP contribution in [-0.4, -0.2) is 44.3 Å². The predicted molar refractivity (Wildman–Crippen MR) is 69.3 cm³/mol. The van der Waals surface area contributed by atoms with Crippen molar-refractivity contribution in [3.63, 3.8) is 0 Å². The van der Waals surface area contributed by atoms with Gasteiger partial charge in [0.1, 0.15) is 11.6 Å². The molecule has 1 rings (SSSR count). The average Bonchev–Trinajstić information content (AvgIpc) is 2.23. The fraction of sp³-hybridized carbons (Fsp3) is 0.600. The minimum absolute atomic E-state index is 0.297. The Morgan fingerprint density at radius 1 is 1.33 bits per heavy atom. The maximum atomic E-state index is 10.9. The van der Waals surface area contributed by atoms with Gasteiger partial charge in [0.25, 0.3) is 0 Å². The minimum Gasteiger partial charge on any atom is -0.478 e. The molecule has 0 aliphatic rings. The molecule has 102 valence electrons. The maximum absolute atomic E-state index is 10.9. The maximum Gasteiger partial charge on any atom is 0.218 e. The highest BCUT2D eigenvalue weighted by Crippen LogP contribution is 2.12. The van der Waals surface area contributed by atoms with Crippen LogP contribution in [0.25, 0.3) is 0 Å². The zero-order valence-corrected chi connectivity index (χ0v) is 11.5. The molecule has 1 heterocycles. The largest absolute Gasteiger partial charge is 0.478 e. The zero-order valence-electron chi connectivity index (χ0n) is 10.7. The lowest BCUT2D eigenvalue weighted by molar-refractivity contribution is 0.325. The first-order valence-corrected chi connectivity index (χ1v) is 7.47. The van der Waals surface area contributed by atoms with Crippen LogP contribution in [0.15, 0.2) is 6.07 Å². The van der Waals surface area contributed by atoms with E-state index in [1.807, 2.05) is 6.92 Å². The molecule has 0 fully saturated rings. The van der Waals surface area contributed by atoms with Gasteiger partial charge in [-0.3, -0.25) is 0 Å². The number of nitrogens with one attached hydrogen (secondary N) is 2. The first-order valence-electron chi connectivity index (χ1n) is 5.57. The molecule has 0 spiro atoms. The summed E-state index contributed by atoms with van der Waals surface area (Å²) >= 11 is 0. The topological polar surface area (TPSA) is 93.2 Å². The van der Waals surface area contributed by atoms with Crippen LogP contribution >= 0.6 is 0 Å². The van der Waals surface area contributed by atoms with Gasteiger partial charge in [0, 0.05) is 19.2 Å². The number of aromatic nitrogens is 2. The average molecular weight is 274 g/mol. The van der Waals surface area contributed by atoms with Crippen molar-refractivity contribution in [1.82, 2.24) is 14.7 Å². The number of nitrogens with zero attached hydrogens (tertiary/aromatic N) is 2. The quantitative estimate of drug-likeness (QED) is 0.687. The molecule has 1 aromatic heterocycles. The molecule has 1 aromatic rings. The molecule has 0 aliphatic heterocycles. The van der Waals surface area contributed by atoms with E-state index in [0.29, 0.717) is 37.2 Å². The Kier molecular flexibility index (Phi) is 5.29. The molecule has 0 aliphatic carbocycles. The van der Waals surface area contributed by atoms with E-state index >= 15 is 0 Å². The Labute approximate surface area is 107 Å². The lowest BCUT2D eigenvalue weighted by Crippen LogP contribution is -2.27. The first kappa shape index (κ1) is 14.7. The summed E-state index contributed by atoms with van der Waals surface area (Å²) in [4.78, 5) is 8.28. The summed E-state index contributed by atoms with van der Waals surface area (Å²) in [6.45, 7) is 4.91. The predicted octanol–water partition coefficient (Wildman–Crippen LogP) is 0.145. The minimum atomic E-state index is -3.15. The fourth-order valence-corrected chi connectivity index (χ4v) is 1.75. The Balaban J connectivity index is 2.51. The van der Waals surface area contributed by atoms with Gasteiger partial charge in [0.15, 0.2) is 0 Å². The Morgan fingerprint density at radius 2 is 2.06 bits per heavy atom. The summed E-state index contributed by atoms with van der Waals surface area (Å²) in [5.41, 5.74) is 0. The van der Waals surface area contributed by atoms with Crippen molar-refractivity contribution in [2.75, 3.05) is 31.3 Å². The monoisotopic (exact) mass is 274 g/mol. The van der Waals surface area contributed by atoms with E-state index in [9.17, 15) is 8.42 Å². The molecule has 0 amide bonds. The molecule has 2 N–H and O–H groups in total. The number of ether oxygens (including phenoxy) is 1. The molecular weight excluding hydrogens is 256 g/mol. The molecule has 0 bridgehead atoms. The second kappa shape index (κ2) is 6.50. The number of hydrogen-bond acceptors (Lipinski definition) is 6. The number of anilines is 1. The summed E-state index contributed by atoms with van der Waals surface area (Å²) < 4.78 is 29.4. The Morgan fingerprint density at radius 3 is 2.67 bits per heavy atom. The van der Waals surface area contributed by atoms with Crippen LogP contribution in [0.1, 0.15) is 12.7 Å². The third-order valence-electron chi connectivity index (χ3n) is 1.90. The van der Waals surface area contributed by atoms with E-state index in [1.165, 1.54) is 0 Å². The number of sulfonamides is 1. The van der Waals surface area contributed by atoms with E-state index in [-0.39, 0.29) is 0 Å².